The Bertz CT molecular complexity index is 755. The molecule has 90 valence electrons. The van der Waals surface area contributed by atoms with Gasteiger partial charge in [-0.15, -0.1) is 0 Å². The van der Waals surface area contributed by atoms with E-state index in [1.807, 2.05) is 25.1 Å². The smallest absolute Gasteiger partial charge is 0.165 e. The van der Waals surface area contributed by atoms with Gasteiger partial charge in [-0.25, -0.2) is 15.0 Å². The van der Waals surface area contributed by atoms with Gasteiger partial charge in [-0.3, -0.25) is 0 Å². The molecule has 0 saturated heterocycles. The SMILES string of the molecule is COc1cc(C)c2nc3ncnc(N)c3cc2c1. The average Bonchev–Trinajstić information content (AvgIpc) is 2.38. The number of aryl methyl sites for hydroxylation is 1. The highest BCUT2D eigenvalue weighted by molar-refractivity contribution is 5.97. The number of ether oxygens (including phenoxy) is 1. The Morgan fingerprint density at radius 3 is 2.78 bits per heavy atom. The maximum Gasteiger partial charge on any atom is 0.165 e. The van der Waals surface area contributed by atoms with Gasteiger partial charge in [-0.1, -0.05) is 0 Å². The Morgan fingerprint density at radius 1 is 1.17 bits per heavy atom. The van der Waals surface area contributed by atoms with Crippen LogP contribution in [0.5, 0.6) is 5.75 Å². The first-order valence-corrected chi connectivity index (χ1v) is 5.54. The minimum atomic E-state index is 0.440. The van der Waals surface area contributed by atoms with E-state index in [1.165, 1.54) is 6.33 Å². The molecule has 0 amide bonds. The van der Waals surface area contributed by atoms with Crippen molar-refractivity contribution in [2.75, 3.05) is 12.8 Å². The number of anilines is 1. The highest BCUT2D eigenvalue weighted by atomic mass is 16.5. The molecule has 0 radical (unpaired) electrons. The lowest BCUT2D eigenvalue weighted by molar-refractivity contribution is 0.415. The molecular weight excluding hydrogens is 228 g/mol. The molecule has 2 N–H and O–H groups in total. The standard InChI is InChI=1S/C13H12N4O/c1-7-3-9(18-2)4-8-5-10-12(14)15-6-16-13(10)17-11(7)8/h3-6H,1-2H3,(H2,14,15,16,17). The van der Waals surface area contributed by atoms with Gasteiger partial charge in [-0.05, 0) is 30.7 Å². The molecule has 1 aromatic carbocycles. The number of rotatable bonds is 1. The Kier molecular flexibility index (Phi) is 2.26. The van der Waals surface area contributed by atoms with Crippen molar-refractivity contribution in [1.82, 2.24) is 15.0 Å². The van der Waals surface area contributed by atoms with E-state index in [2.05, 4.69) is 15.0 Å². The van der Waals surface area contributed by atoms with Crippen LogP contribution in [-0.4, -0.2) is 22.1 Å². The minimum Gasteiger partial charge on any atom is -0.497 e. The van der Waals surface area contributed by atoms with Gasteiger partial charge in [0.15, 0.2) is 5.65 Å². The van der Waals surface area contributed by atoms with E-state index in [0.717, 1.165) is 27.6 Å². The molecular formula is C13H12N4O. The summed E-state index contributed by atoms with van der Waals surface area (Å²) in [5.74, 6) is 1.24. The van der Waals surface area contributed by atoms with Crippen LogP contribution in [0.2, 0.25) is 0 Å². The van der Waals surface area contributed by atoms with Crippen LogP contribution in [0, 0.1) is 6.92 Å². The third kappa shape index (κ3) is 1.52. The molecule has 0 aliphatic rings. The quantitative estimate of drug-likeness (QED) is 0.659. The molecule has 2 heterocycles. The molecule has 5 heteroatoms. The zero-order valence-corrected chi connectivity index (χ0v) is 10.1. The summed E-state index contributed by atoms with van der Waals surface area (Å²) in [5, 5.41) is 1.73. The van der Waals surface area contributed by atoms with Crippen LogP contribution in [0.15, 0.2) is 24.5 Å². The summed E-state index contributed by atoms with van der Waals surface area (Å²) in [7, 11) is 1.65. The molecule has 18 heavy (non-hydrogen) atoms. The lowest BCUT2D eigenvalue weighted by Gasteiger charge is -2.07. The summed E-state index contributed by atoms with van der Waals surface area (Å²) in [6.45, 7) is 1.99. The third-order valence-electron chi connectivity index (χ3n) is 2.95. The molecule has 3 rings (SSSR count). The fourth-order valence-corrected chi connectivity index (χ4v) is 2.04. The summed E-state index contributed by atoms with van der Waals surface area (Å²) < 4.78 is 5.26. The molecule has 0 unspecified atom stereocenters. The highest BCUT2D eigenvalue weighted by Gasteiger charge is 2.08. The van der Waals surface area contributed by atoms with Crippen molar-refractivity contribution < 1.29 is 4.74 Å². The van der Waals surface area contributed by atoms with Gasteiger partial charge in [-0.2, -0.15) is 0 Å². The fraction of sp³-hybridized carbons (Fsp3) is 0.154. The fourth-order valence-electron chi connectivity index (χ4n) is 2.04. The maximum atomic E-state index is 5.83. The van der Waals surface area contributed by atoms with Crippen LogP contribution >= 0.6 is 0 Å². The molecule has 0 bridgehead atoms. The first-order chi connectivity index (χ1) is 8.69. The number of hydrogen-bond donors (Lipinski definition) is 1. The molecule has 3 aromatic rings. The number of fused-ring (bicyclic) bond motifs is 2. The van der Waals surface area contributed by atoms with Crippen LogP contribution < -0.4 is 10.5 Å². The number of methoxy groups -OCH3 is 1. The van der Waals surface area contributed by atoms with E-state index in [4.69, 9.17) is 10.5 Å². The van der Waals surface area contributed by atoms with Crippen molar-refractivity contribution in [3.05, 3.63) is 30.1 Å². The van der Waals surface area contributed by atoms with E-state index in [-0.39, 0.29) is 0 Å². The van der Waals surface area contributed by atoms with Crippen LogP contribution in [-0.2, 0) is 0 Å². The highest BCUT2D eigenvalue weighted by Crippen LogP contribution is 2.27. The number of benzene rings is 1. The van der Waals surface area contributed by atoms with E-state index in [0.29, 0.717) is 11.5 Å². The molecule has 5 nitrogen and oxygen atoms in total. The van der Waals surface area contributed by atoms with E-state index < -0.39 is 0 Å². The second kappa shape index (κ2) is 3.80. The minimum absolute atomic E-state index is 0.440. The van der Waals surface area contributed by atoms with Gasteiger partial charge in [0.25, 0.3) is 0 Å². The summed E-state index contributed by atoms with van der Waals surface area (Å²) in [4.78, 5) is 12.6. The normalized spacial score (nSPS) is 11.0. The largest absolute Gasteiger partial charge is 0.497 e. The van der Waals surface area contributed by atoms with Crippen LogP contribution in [0.3, 0.4) is 0 Å². The van der Waals surface area contributed by atoms with Crippen molar-refractivity contribution in [1.29, 1.82) is 0 Å². The number of nitrogen functional groups attached to an aromatic ring is 1. The summed E-state index contributed by atoms with van der Waals surface area (Å²) in [6.07, 6.45) is 1.43. The second-order valence-electron chi connectivity index (χ2n) is 4.13. The zero-order valence-electron chi connectivity index (χ0n) is 10.1. The number of nitrogens with zero attached hydrogens (tertiary/aromatic N) is 3. The predicted molar refractivity (Wildman–Crippen MR) is 70.5 cm³/mol. The van der Waals surface area contributed by atoms with Gasteiger partial charge in [0.2, 0.25) is 0 Å². The Hall–Kier alpha value is -2.43. The molecule has 0 saturated carbocycles. The summed E-state index contributed by atoms with van der Waals surface area (Å²) >= 11 is 0. The third-order valence-corrected chi connectivity index (χ3v) is 2.95. The van der Waals surface area contributed by atoms with E-state index in [9.17, 15) is 0 Å². The molecule has 2 aromatic heterocycles. The van der Waals surface area contributed by atoms with Crippen LogP contribution in [0.25, 0.3) is 21.9 Å². The Balaban J connectivity index is 2.45. The van der Waals surface area contributed by atoms with Gasteiger partial charge in [0.1, 0.15) is 17.9 Å². The summed E-state index contributed by atoms with van der Waals surface area (Å²) in [5.41, 5.74) is 8.40. The topological polar surface area (TPSA) is 73.9 Å². The van der Waals surface area contributed by atoms with Gasteiger partial charge < -0.3 is 10.5 Å². The monoisotopic (exact) mass is 240 g/mol. The molecule has 0 spiro atoms. The van der Waals surface area contributed by atoms with E-state index in [1.54, 1.807) is 7.11 Å². The number of hydrogen-bond acceptors (Lipinski definition) is 5. The van der Waals surface area contributed by atoms with Crippen molar-refractivity contribution >= 4 is 27.8 Å². The van der Waals surface area contributed by atoms with E-state index >= 15 is 0 Å². The van der Waals surface area contributed by atoms with Crippen molar-refractivity contribution in [2.24, 2.45) is 0 Å². The second-order valence-corrected chi connectivity index (χ2v) is 4.13. The van der Waals surface area contributed by atoms with Crippen molar-refractivity contribution in [3.63, 3.8) is 0 Å². The van der Waals surface area contributed by atoms with Gasteiger partial charge >= 0.3 is 0 Å². The first kappa shape index (κ1) is 10.7. The zero-order chi connectivity index (χ0) is 12.7. The number of aromatic nitrogens is 3. The van der Waals surface area contributed by atoms with Gasteiger partial charge in [0.05, 0.1) is 18.0 Å². The summed E-state index contributed by atoms with van der Waals surface area (Å²) in [6, 6.07) is 5.83. The number of pyridine rings is 1. The molecule has 0 aliphatic heterocycles. The Labute approximate surface area is 104 Å². The number of nitrogens with two attached hydrogens (primary N) is 1. The molecule has 0 aliphatic carbocycles. The van der Waals surface area contributed by atoms with Gasteiger partial charge in [0, 0.05) is 5.39 Å². The molecule has 0 fully saturated rings. The first-order valence-electron chi connectivity index (χ1n) is 5.54. The lowest BCUT2D eigenvalue weighted by atomic mass is 10.1. The maximum absolute atomic E-state index is 5.83. The van der Waals surface area contributed by atoms with Crippen molar-refractivity contribution in [3.8, 4) is 5.75 Å². The van der Waals surface area contributed by atoms with Crippen LogP contribution in [0.4, 0.5) is 5.82 Å². The van der Waals surface area contributed by atoms with Crippen molar-refractivity contribution in [2.45, 2.75) is 6.92 Å². The predicted octanol–water partition coefficient (Wildman–Crippen LogP) is 2.08. The van der Waals surface area contributed by atoms with Crippen LogP contribution in [0.1, 0.15) is 5.56 Å². The lowest BCUT2D eigenvalue weighted by Crippen LogP contribution is -1.96. The Morgan fingerprint density at radius 2 is 2.00 bits per heavy atom. The molecule has 0 atom stereocenters. The average molecular weight is 240 g/mol.